The van der Waals surface area contributed by atoms with Gasteiger partial charge in [-0.2, -0.15) is 0 Å². The molecule has 1 aliphatic rings. The van der Waals surface area contributed by atoms with Gasteiger partial charge in [-0.1, -0.05) is 24.6 Å². The Bertz CT molecular complexity index is 416. The molecule has 1 aromatic carbocycles. The van der Waals surface area contributed by atoms with E-state index in [9.17, 15) is 9.90 Å². The summed E-state index contributed by atoms with van der Waals surface area (Å²) >= 11 is 0. The number of carbonyl (C=O) groups is 1. The molecular weight excluding hydrogens is 214 g/mol. The second-order valence-electron chi connectivity index (χ2n) is 4.88. The van der Waals surface area contributed by atoms with Gasteiger partial charge < -0.3 is 10.0 Å². The van der Waals surface area contributed by atoms with Crippen LogP contribution < -0.4 is 0 Å². The van der Waals surface area contributed by atoms with Crippen molar-refractivity contribution in [3.05, 3.63) is 35.4 Å². The Balaban J connectivity index is 2.20. The molecule has 1 saturated heterocycles. The van der Waals surface area contributed by atoms with Crippen LogP contribution in [0.3, 0.4) is 0 Å². The van der Waals surface area contributed by atoms with Gasteiger partial charge in [0.2, 0.25) is 0 Å². The number of hydrogen-bond donors (Lipinski definition) is 1. The first kappa shape index (κ1) is 12.1. The fourth-order valence-corrected chi connectivity index (χ4v) is 2.48. The predicted molar refractivity (Wildman–Crippen MR) is 66.9 cm³/mol. The first-order valence-corrected chi connectivity index (χ1v) is 6.12. The second kappa shape index (κ2) is 4.88. The number of benzene rings is 1. The lowest BCUT2D eigenvalue weighted by Gasteiger charge is -2.25. The third kappa shape index (κ3) is 2.34. The molecule has 0 aliphatic carbocycles. The summed E-state index contributed by atoms with van der Waals surface area (Å²) in [5, 5.41) is 9.36. The van der Waals surface area contributed by atoms with Crippen molar-refractivity contribution >= 4 is 5.91 Å². The molecular formula is C14H19NO2. The van der Waals surface area contributed by atoms with Crippen LogP contribution >= 0.6 is 0 Å². The smallest absolute Gasteiger partial charge is 0.254 e. The quantitative estimate of drug-likeness (QED) is 0.846. The number of hydrogen-bond acceptors (Lipinski definition) is 2. The van der Waals surface area contributed by atoms with Gasteiger partial charge in [0.25, 0.3) is 5.91 Å². The molecule has 92 valence electrons. The van der Waals surface area contributed by atoms with E-state index in [0.717, 1.165) is 24.1 Å². The molecule has 1 aliphatic heterocycles. The molecule has 3 heteroatoms. The van der Waals surface area contributed by atoms with E-state index in [1.165, 1.54) is 0 Å². The highest BCUT2D eigenvalue weighted by Gasteiger charge is 2.34. The average molecular weight is 233 g/mol. The van der Waals surface area contributed by atoms with Crippen molar-refractivity contribution in [3.63, 3.8) is 0 Å². The fourth-order valence-electron chi connectivity index (χ4n) is 2.48. The van der Waals surface area contributed by atoms with E-state index in [4.69, 9.17) is 0 Å². The number of aliphatic hydroxyl groups excluding tert-OH is 1. The molecule has 1 fully saturated rings. The third-order valence-corrected chi connectivity index (χ3v) is 3.60. The van der Waals surface area contributed by atoms with Crippen molar-refractivity contribution in [2.45, 2.75) is 26.3 Å². The van der Waals surface area contributed by atoms with Crippen LogP contribution in [0.15, 0.2) is 24.3 Å². The summed E-state index contributed by atoms with van der Waals surface area (Å²) < 4.78 is 0. The van der Waals surface area contributed by atoms with Gasteiger partial charge in [-0.05, 0) is 31.4 Å². The molecule has 17 heavy (non-hydrogen) atoms. The molecule has 1 N–H and O–H groups in total. The molecule has 2 unspecified atom stereocenters. The molecule has 0 bridgehead atoms. The Morgan fingerprint density at radius 1 is 1.53 bits per heavy atom. The Morgan fingerprint density at radius 3 is 2.94 bits per heavy atom. The molecule has 3 nitrogen and oxygen atoms in total. The summed E-state index contributed by atoms with van der Waals surface area (Å²) in [6, 6.07) is 7.60. The minimum Gasteiger partial charge on any atom is -0.394 e. The van der Waals surface area contributed by atoms with Crippen LogP contribution in [0.1, 0.15) is 29.3 Å². The molecule has 0 saturated carbocycles. The normalized spacial score (nSPS) is 24.1. The molecule has 0 spiro atoms. The molecule has 0 radical (unpaired) electrons. The molecule has 2 rings (SSSR count). The number of aliphatic hydroxyl groups is 1. The Kier molecular flexibility index (Phi) is 3.48. The van der Waals surface area contributed by atoms with Crippen LogP contribution in [0.25, 0.3) is 0 Å². The van der Waals surface area contributed by atoms with E-state index < -0.39 is 0 Å². The number of aryl methyl sites for hydroxylation is 1. The third-order valence-electron chi connectivity index (χ3n) is 3.60. The topological polar surface area (TPSA) is 40.5 Å². The first-order valence-electron chi connectivity index (χ1n) is 6.12. The van der Waals surface area contributed by atoms with Crippen LogP contribution in [-0.4, -0.2) is 35.1 Å². The first-order chi connectivity index (χ1) is 8.13. The van der Waals surface area contributed by atoms with E-state index in [1.807, 2.05) is 31.2 Å². The standard InChI is InChI=1S/C14H19NO2/c1-10-4-3-5-12(8-10)14(17)15-7-6-11(2)13(15)9-16/h3-5,8,11,13,16H,6-7,9H2,1-2H3. The van der Waals surface area contributed by atoms with Crippen LogP contribution in [0.4, 0.5) is 0 Å². The second-order valence-corrected chi connectivity index (χ2v) is 4.88. The largest absolute Gasteiger partial charge is 0.394 e. The van der Waals surface area contributed by atoms with Gasteiger partial charge in [-0.15, -0.1) is 0 Å². The molecule has 1 aromatic rings. The minimum absolute atomic E-state index is 0.0250. The zero-order chi connectivity index (χ0) is 12.4. The highest BCUT2D eigenvalue weighted by molar-refractivity contribution is 5.94. The van der Waals surface area contributed by atoms with Gasteiger partial charge in [-0.25, -0.2) is 0 Å². The van der Waals surface area contributed by atoms with Gasteiger partial charge in [0, 0.05) is 12.1 Å². The van der Waals surface area contributed by atoms with Crippen molar-refractivity contribution in [2.75, 3.05) is 13.2 Å². The number of nitrogens with zero attached hydrogens (tertiary/aromatic N) is 1. The summed E-state index contributed by atoms with van der Waals surface area (Å²) in [5.74, 6) is 0.422. The maximum atomic E-state index is 12.3. The van der Waals surface area contributed by atoms with Gasteiger partial charge in [0.15, 0.2) is 0 Å². The van der Waals surface area contributed by atoms with Crippen LogP contribution in [0, 0.1) is 12.8 Å². The maximum Gasteiger partial charge on any atom is 0.254 e. The van der Waals surface area contributed by atoms with Crippen molar-refractivity contribution in [3.8, 4) is 0 Å². The molecule has 2 atom stereocenters. The monoisotopic (exact) mass is 233 g/mol. The summed E-state index contributed by atoms with van der Waals surface area (Å²) in [6.45, 7) is 4.87. The van der Waals surface area contributed by atoms with E-state index >= 15 is 0 Å². The predicted octanol–water partition coefficient (Wildman–Crippen LogP) is 1.84. The van der Waals surface area contributed by atoms with Crippen molar-refractivity contribution in [1.82, 2.24) is 4.90 Å². The van der Waals surface area contributed by atoms with Gasteiger partial charge in [-0.3, -0.25) is 4.79 Å². The van der Waals surface area contributed by atoms with Crippen molar-refractivity contribution in [1.29, 1.82) is 0 Å². The van der Waals surface area contributed by atoms with Crippen molar-refractivity contribution < 1.29 is 9.90 Å². The zero-order valence-corrected chi connectivity index (χ0v) is 10.4. The van der Waals surface area contributed by atoms with E-state index in [0.29, 0.717) is 5.92 Å². The summed E-state index contributed by atoms with van der Waals surface area (Å²) in [4.78, 5) is 14.1. The van der Waals surface area contributed by atoms with Gasteiger partial charge in [0.1, 0.15) is 0 Å². The highest BCUT2D eigenvalue weighted by atomic mass is 16.3. The summed E-state index contributed by atoms with van der Waals surface area (Å²) in [7, 11) is 0. The molecule has 1 heterocycles. The van der Waals surface area contributed by atoms with Gasteiger partial charge >= 0.3 is 0 Å². The fraction of sp³-hybridized carbons (Fsp3) is 0.500. The van der Waals surface area contributed by atoms with E-state index in [2.05, 4.69) is 6.92 Å². The Hall–Kier alpha value is -1.35. The van der Waals surface area contributed by atoms with Crippen LogP contribution in [-0.2, 0) is 0 Å². The lowest BCUT2D eigenvalue weighted by molar-refractivity contribution is 0.0648. The van der Waals surface area contributed by atoms with Crippen LogP contribution in [0.2, 0.25) is 0 Å². The maximum absolute atomic E-state index is 12.3. The lowest BCUT2D eigenvalue weighted by atomic mass is 10.0. The zero-order valence-electron chi connectivity index (χ0n) is 10.4. The average Bonchev–Trinajstić information content (AvgIpc) is 2.69. The number of likely N-dealkylation sites (tertiary alicyclic amines) is 1. The van der Waals surface area contributed by atoms with E-state index in [1.54, 1.807) is 4.90 Å². The minimum atomic E-state index is -0.0250. The summed E-state index contributed by atoms with van der Waals surface area (Å²) in [6.07, 6.45) is 0.975. The Morgan fingerprint density at radius 2 is 2.29 bits per heavy atom. The van der Waals surface area contributed by atoms with Crippen LogP contribution in [0.5, 0.6) is 0 Å². The van der Waals surface area contributed by atoms with Gasteiger partial charge in [0.05, 0.1) is 12.6 Å². The highest BCUT2D eigenvalue weighted by Crippen LogP contribution is 2.25. The molecule has 0 aromatic heterocycles. The molecule has 1 amide bonds. The SMILES string of the molecule is Cc1cccc(C(=O)N2CCC(C)C2CO)c1. The lowest BCUT2D eigenvalue weighted by Crippen LogP contribution is -2.39. The summed E-state index contributed by atoms with van der Waals surface area (Å²) in [5.41, 5.74) is 1.81. The Labute approximate surface area is 102 Å². The number of carbonyl (C=O) groups excluding carboxylic acids is 1. The van der Waals surface area contributed by atoms with E-state index in [-0.39, 0.29) is 18.6 Å². The van der Waals surface area contributed by atoms with Crippen molar-refractivity contribution in [2.24, 2.45) is 5.92 Å². The number of rotatable bonds is 2. The number of amides is 1.